The Balaban J connectivity index is 1.44. The minimum Gasteiger partial charge on any atom is -0.467 e. The Kier molecular flexibility index (Phi) is 5.82. The molecule has 8 heteroatoms. The van der Waals surface area contributed by atoms with Crippen LogP contribution in [-0.2, 0) is 26.2 Å². The van der Waals surface area contributed by atoms with E-state index in [4.69, 9.17) is 4.42 Å². The first kappa shape index (κ1) is 20.8. The Hall–Kier alpha value is -4.04. The third-order valence-corrected chi connectivity index (χ3v) is 5.58. The van der Waals surface area contributed by atoms with Crippen molar-refractivity contribution in [3.63, 3.8) is 0 Å². The summed E-state index contributed by atoms with van der Waals surface area (Å²) in [6, 6.07) is 22.0. The summed E-state index contributed by atoms with van der Waals surface area (Å²) in [5.74, 6) is 1.48. The van der Waals surface area contributed by atoms with Crippen LogP contribution in [0.4, 0.5) is 0 Å². The largest absolute Gasteiger partial charge is 0.467 e. The molecule has 0 radical (unpaired) electrons. The molecular formula is C25H24N6O2. The van der Waals surface area contributed by atoms with Crippen molar-refractivity contribution in [2.24, 2.45) is 0 Å². The average molecular weight is 441 g/mol. The van der Waals surface area contributed by atoms with E-state index < -0.39 is 0 Å². The van der Waals surface area contributed by atoms with Crippen LogP contribution in [-0.4, -0.2) is 30.1 Å². The predicted molar refractivity (Wildman–Crippen MR) is 124 cm³/mol. The Morgan fingerprint density at radius 3 is 2.70 bits per heavy atom. The lowest BCUT2D eigenvalue weighted by atomic mass is 10.1. The van der Waals surface area contributed by atoms with E-state index in [1.54, 1.807) is 10.9 Å². The first-order chi connectivity index (χ1) is 16.1. The standard InChI is InChI=1S/C25H24N6O2/c1-18-9-10-20-13-21(25(32)26-23(20)12-18)15-30(14-19-6-3-2-4-7-19)17-24-27-28-29-31(24)16-22-8-5-11-33-22/h2-13H,14-17H2,1H3,(H,26,32). The summed E-state index contributed by atoms with van der Waals surface area (Å²) in [6.07, 6.45) is 1.63. The van der Waals surface area contributed by atoms with Gasteiger partial charge in [0.05, 0.1) is 12.8 Å². The molecule has 166 valence electrons. The summed E-state index contributed by atoms with van der Waals surface area (Å²) < 4.78 is 7.17. The molecular weight excluding hydrogens is 416 g/mol. The quantitative estimate of drug-likeness (QED) is 0.396. The minimum atomic E-state index is -0.0821. The fourth-order valence-electron chi connectivity index (χ4n) is 3.94. The number of pyridine rings is 1. The van der Waals surface area contributed by atoms with E-state index in [9.17, 15) is 4.79 Å². The topological polar surface area (TPSA) is 92.8 Å². The number of aryl methyl sites for hydroxylation is 1. The van der Waals surface area contributed by atoms with Crippen molar-refractivity contribution in [3.8, 4) is 0 Å². The number of aromatic nitrogens is 5. The van der Waals surface area contributed by atoms with Gasteiger partial charge in [0, 0.05) is 24.2 Å². The number of H-pyrrole nitrogens is 1. The molecule has 1 N–H and O–H groups in total. The van der Waals surface area contributed by atoms with Gasteiger partial charge in [0.15, 0.2) is 5.82 Å². The van der Waals surface area contributed by atoms with Crippen LogP contribution >= 0.6 is 0 Å². The van der Waals surface area contributed by atoms with Crippen molar-refractivity contribution < 1.29 is 4.42 Å². The molecule has 2 aromatic carbocycles. The Bertz CT molecular complexity index is 1410. The molecule has 0 aliphatic carbocycles. The number of nitrogens with one attached hydrogen (secondary N) is 1. The molecule has 0 atom stereocenters. The molecule has 5 rings (SSSR count). The molecule has 5 aromatic rings. The molecule has 0 bridgehead atoms. The van der Waals surface area contributed by atoms with Crippen molar-refractivity contribution in [2.75, 3.05) is 0 Å². The summed E-state index contributed by atoms with van der Waals surface area (Å²) in [6.45, 7) is 4.06. The Labute approximate surface area is 190 Å². The highest BCUT2D eigenvalue weighted by Gasteiger charge is 2.16. The second kappa shape index (κ2) is 9.22. The van der Waals surface area contributed by atoms with Crippen molar-refractivity contribution >= 4 is 10.9 Å². The van der Waals surface area contributed by atoms with Crippen LogP contribution in [0, 0.1) is 6.92 Å². The van der Waals surface area contributed by atoms with Crippen LogP contribution in [0.25, 0.3) is 10.9 Å². The van der Waals surface area contributed by atoms with Gasteiger partial charge in [-0.15, -0.1) is 5.10 Å². The van der Waals surface area contributed by atoms with Crippen LogP contribution in [0.2, 0.25) is 0 Å². The lowest BCUT2D eigenvalue weighted by molar-refractivity contribution is 0.235. The lowest BCUT2D eigenvalue weighted by Gasteiger charge is -2.22. The zero-order chi connectivity index (χ0) is 22.6. The van der Waals surface area contributed by atoms with Gasteiger partial charge >= 0.3 is 0 Å². The van der Waals surface area contributed by atoms with Crippen LogP contribution in [0.15, 0.2) is 82.2 Å². The number of aromatic amines is 1. The molecule has 33 heavy (non-hydrogen) atoms. The fourth-order valence-corrected chi connectivity index (χ4v) is 3.94. The maximum Gasteiger partial charge on any atom is 0.252 e. The number of fused-ring (bicyclic) bond motifs is 1. The number of furan rings is 1. The van der Waals surface area contributed by atoms with E-state index in [1.807, 2.05) is 55.5 Å². The number of nitrogens with zero attached hydrogens (tertiary/aromatic N) is 5. The SMILES string of the molecule is Cc1ccc2cc(CN(Cc3ccccc3)Cc3nnnn3Cc3ccco3)c(=O)[nH]c2c1. The van der Waals surface area contributed by atoms with Gasteiger partial charge in [-0.2, -0.15) is 0 Å². The van der Waals surface area contributed by atoms with Gasteiger partial charge in [-0.1, -0.05) is 42.5 Å². The number of rotatable bonds is 8. The molecule has 8 nitrogen and oxygen atoms in total. The molecule has 0 amide bonds. The summed E-state index contributed by atoms with van der Waals surface area (Å²) >= 11 is 0. The summed E-state index contributed by atoms with van der Waals surface area (Å²) in [5.41, 5.74) is 3.73. The minimum absolute atomic E-state index is 0.0821. The molecule has 0 spiro atoms. The van der Waals surface area contributed by atoms with Gasteiger partial charge in [0.1, 0.15) is 12.3 Å². The first-order valence-corrected chi connectivity index (χ1v) is 10.8. The third kappa shape index (κ3) is 4.91. The normalized spacial score (nSPS) is 11.5. The van der Waals surface area contributed by atoms with Gasteiger partial charge in [-0.25, -0.2) is 4.68 Å². The van der Waals surface area contributed by atoms with Crippen LogP contribution < -0.4 is 5.56 Å². The van der Waals surface area contributed by atoms with Crippen LogP contribution in [0.3, 0.4) is 0 Å². The second-order valence-corrected chi connectivity index (χ2v) is 8.18. The molecule has 0 aliphatic rings. The molecule has 3 heterocycles. The van der Waals surface area contributed by atoms with Crippen molar-refractivity contribution in [1.29, 1.82) is 0 Å². The smallest absolute Gasteiger partial charge is 0.252 e. The van der Waals surface area contributed by atoms with E-state index in [-0.39, 0.29) is 5.56 Å². The van der Waals surface area contributed by atoms with E-state index in [0.717, 1.165) is 27.8 Å². The van der Waals surface area contributed by atoms with Crippen LogP contribution in [0.1, 0.15) is 28.3 Å². The second-order valence-electron chi connectivity index (χ2n) is 8.18. The molecule has 3 aromatic heterocycles. The monoisotopic (exact) mass is 440 g/mol. The number of hydrogen-bond donors (Lipinski definition) is 1. The Morgan fingerprint density at radius 1 is 1.00 bits per heavy atom. The first-order valence-electron chi connectivity index (χ1n) is 10.8. The van der Waals surface area contributed by atoms with Crippen molar-refractivity contribution in [3.05, 3.63) is 112 Å². The molecule has 0 unspecified atom stereocenters. The highest BCUT2D eigenvalue weighted by molar-refractivity contribution is 5.79. The number of hydrogen-bond acceptors (Lipinski definition) is 6. The average Bonchev–Trinajstić information content (AvgIpc) is 3.48. The van der Waals surface area contributed by atoms with Crippen molar-refractivity contribution in [2.45, 2.75) is 33.1 Å². The zero-order valence-corrected chi connectivity index (χ0v) is 18.3. The summed E-state index contributed by atoms with van der Waals surface area (Å²) in [4.78, 5) is 18.1. The molecule has 0 saturated heterocycles. The third-order valence-electron chi connectivity index (χ3n) is 5.58. The fraction of sp³-hybridized carbons (Fsp3) is 0.200. The van der Waals surface area contributed by atoms with Gasteiger partial charge in [0.25, 0.3) is 5.56 Å². The summed E-state index contributed by atoms with van der Waals surface area (Å²) in [7, 11) is 0. The number of benzene rings is 2. The Morgan fingerprint density at radius 2 is 1.88 bits per heavy atom. The molecule has 0 fully saturated rings. The van der Waals surface area contributed by atoms with E-state index in [0.29, 0.717) is 37.6 Å². The van der Waals surface area contributed by atoms with E-state index in [1.165, 1.54) is 0 Å². The van der Waals surface area contributed by atoms with Crippen LogP contribution in [0.5, 0.6) is 0 Å². The van der Waals surface area contributed by atoms with Gasteiger partial charge in [0.2, 0.25) is 0 Å². The maximum absolute atomic E-state index is 12.9. The molecule has 0 saturated carbocycles. The van der Waals surface area contributed by atoms with Gasteiger partial charge in [-0.05, 0) is 58.1 Å². The van der Waals surface area contributed by atoms with E-state index in [2.05, 4.69) is 43.6 Å². The summed E-state index contributed by atoms with van der Waals surface area (Å²) in [5, 5.41) is 13.2. The maximum atomic E-state index is 12.9. The highest BCUT2D eigenvalue weighted by atomic mass is 16.3. The highest BCUT2D eigenvalue weighted by Crippen LogP contribution is 2.16. The van der Waals surface area contributed by atoms with Crippen molar-refractivity contribution in [1.82, 2.24) is 30.1 Å². The van der Waals surface area contributed by atoms with Gasteiger partial charge in [-0.3, -0.25) is 9.69 Å². The lowest BCUT2D eigenvalue weighted by Crippen LogP contribution is -2.28. The van der Waals surface area contributed by atoms with Gasteiger partial charge < -0.3 is 9.40 Å². The number of tetrazole rings is 1. The molecule has 0 aliphatic heterocycles. The predicted octanol–water partition coefficient (Wildman–Crippen LogP) is 3.67. The van der Waals surface area contributed by atoms with E-state index >= 15 is 0 Å². The zero-order valence-electron chi connectivity index (χ0n) is 18.3.